The summed E-state index contributed by atoms with van der Waals surface area (Å²) in [7, 11) is 4.01. The van der Waals surface area contributed by atoms with Gasteiger partial charge >= 0.3 is 0 Å². The fraction of sp³-hybridized carbons (Fsp3) is 0.484. The minimum atomic E-state index is -0.149. The van der Waals surface area contributed by atoms with Crippen LogP contribution in [0.25, 0.3) is 16.6 Å². The summed E-state index contributed by atoms with van der Waals surface area (Å²) in [6, 6.07) is 16.4. The van der Waals surface area contributed by atoms with Crippen LogP contribution >= 0.6 is 0 Å². The highest BCUT2D eigenvalue weighted by molar-refractivity contribution is 5.78. The predicted molar refractivity (Wildman–Crippen MR) is 154 cm³/mol. The van der Waals surface area contributed by atoms with Gasteiger partial charge in [0.05, 0.1) is 28.2 Å². The van der Waals surface area contributed by atoms with Gasteiger partial charge in [0.2, 0.25) is 5.91 Å². The maximum atomic E-state index is 13.5. The van der Waals surface area contributed by atoms with Crippen LogP contribution < -0.4 is 5.56 Å². The maximum Gasteiger partial charge on any atom is 0.265 e. The molecule has 3 rings (SSSR count). The summed E-state index contributed by atoms with van der Waals surface area (Å²) in [5, 5.41) is 9.73. The zero-order valence-electron chi connectivity index (χ0n) is 23.2. The average Bonchev–Trinajstić information content (AvgIpc) is 2.92. The first kappa shape index (κ1) is 29.1. The fourth-order valence-corrected chi connectivity index (χ4v) is 4.61. The third-order valence-electron chi connectivity index (χ3n) is 6.87. The van der Waals surface area contributed by atoms with E-state index >= 15 is 0 Å². The van der Waals surface area contributed by atoms with Crippen molar-refractivity contribution in [1.29, 1.82) is 5.26 Å². The van der Waals surface area contributed by atoms with Crippen molar-refractivity contribution in [1.82, 2.24) is 19.4 Å². The van der Waals surface area contributed by atoms with Gasteiger partial charge in [-0.15, -0.1) is 0 Å². The highest BCUT2D eigenvalue weighted by Crippen LogP contribution is 2.16. The molecule has 202 valence electrons. The van der Waals surface area contributed by atoms with Crippen LogP contribution in [0.3, 0.4) is 0 Å². The molecule has 1 aromatic heterocycles. The van der Waals surface area contributed by atoms with Crippen molar-refractivity contribution >= 4 is 16.8 Å². The van der Waals surface area contributed by atoms with Crippen LogP contribution in [0.4, 0.5) is 0 Å². The largest absolute Gasteiger partial charge is 0.341 e. The van der Waals surface area contributed by atoms with Crippen LogP contribution in [0.15, 0.2) is 53.3 Å². The van der Waals surface area contributed by atoms with Crippen LogP contribution in [-0.4, -0.2) is 59.0 Å². The highest BCUT2D eigenvalue weighted by Gasteiger charge is 2.17. The molecule has 0 saturated heterocycles. The Kier molecular flexibility index (Phi) is 11.5. The van der Waals surface area contributed by atoms with E-state index in [-0.39, 0.29) is 11.5 Å². The SMILES string of the molecule is CCCCCCCCCC(=O)N(CCc1nc2ccccc2c(=O)n1-c1ccc(C#N)cc1)CCN(C)C. The summed E-state index contributed by atoms with van der Waals surface area (Å²) in [5.41, 5.74) is 1.69. The van der Waals surface area contributed by atoms with Gasteiger partial charge < -0.3 is 9.80 Å². The van der Waals surface area contributed by atoms with Gasteiger partial charge in [-0.05, 0) is 56.9 Å². The van der Waals surface area contributed by atoms with Crippen LogP contribution in [0, 0.1) is 11.3 Å². The highest BCUT2D eigenvalue weighted by atomic mass is 16.2. The zero-order valence-corrected chi connectivity index (χ0v) is 23.2. The Morgan fingerprint density at radius 2 is 1.61 bits per heavy atom. The summed E-state index contributed by atoms with van der Waals surface area (Å²) >= 11 is 0. The first-order valence-corrected chi connectivity index (χ1v) is 13.9. The topological polar surface area (TPSA) is 82.2 Å². The van der Waals surface area contributed by atoms with Gasteiger partial charge in [0, 0.05) is 32.5 Å². The van der Waals surface area contributed by atoms with E-state index in [1.807, 2.05) is 37.2 Å². The van der Waals surface area contributed by atoms with Gasteiger partial charge in [-0.1, -0.05) is 57.6 Å². The minimum absolute atomic E-state index is 0.149. The number of benzene rings is 2. The molecule has 0 aliphatic heterocycles. The molecule has 38 heavy (non-hydrogen) atoms. The molecule has 0 fully saturated rings. The van der Waals surface area contributed by atoms with Crippen molar-refractivity contribution in [2.45, 2.75) is 64.7 Å². The molecule has 0 spiro atoms. The van der Waals surface area contributed by atoms with E-state index in [0.29, 0.717) is 53.9 Å². The Morgan fingerprint density at radius 1 is 0.921 bits per heavy atom. The number of nitrogens with zero attached hydrogens (tertiary/aromatic N) is 5. The first-order valence-electron chi connectivity index (χ1n) is 13.9. The molecule has 3 aromatic rings. The number of rotatable bonds is 15. The molecule has 0 bridgehead atoms. The van der Waals surface area contributed by atoms with Crippen molar-refractivity contribution in [2.75, 3.05) is 33.7 Å². The van der Waals surface area contributed by atoms with Gasteiger partial charge in [0.1, 0.15) is 5.82 Å². The lowest BCUT2D eigenvalue weighted by atomic mass is 10.1. The Bertz CT molecular complexity index is 1270. The molecular weight excluding hydrogens is 474 g/mol. The second-order valence-corrected chi connectivity index (χ2v) is 10.1. The number of para-hydroxylation sites is 1. The summed E-state index contributed by atoms with van der Waals surface area (Å²) in [4.78, 5) is 35.6. The van der Waals surface area contributed by atoms with Gasteiger partial charge in [-0.25, -0.2) is 4.98 Å². The normalized spacial score (nSPS) is 11.1. The minimum Gasteiger partial charge on any atom is -0.341 e. The third kappa shape index (κ3) is 8.26. The zero-order chi connectivity index (χ0) is 27.3. The second kappa shape index (κ2) is 15.0. The molecule has 7 nitrogen and oxygen atoms in total. The van der Waals surface area contributed by atoms with E-state index in [2.05, 4.69) is 17.9 Å². The molecule has 0 aliphatic carbocycles. The summed E-state index contributed by atoms with van der Waals surface area (Å²) in [6.07, 6.45) is 9.23. The van der Waals surface area contributed by atoms with E-state index in [4.69, 9.17) is 4.98 Å². The van der Waals surface area contributed by atoms with Crippen molar-refractivity contribution in [2.24, 2.45) is 0 Å². The lowest BCUT2D eigenvalue weighted by Gasteiger charge is -2.25. The molecule has 7 heteroatoms. The number of likely N-dealkylation sites (N-methyl/N-ethyl adjacent to an activating group) is 1. The molecule has 2 aromatic carbocycles. The van der Waals surface area contributed by atoms with E-state index in [1.54, 1.807) is 34.9 Å². The second-order valence-electron chi connectivity index (χ2n) is 10.1. The van der Waals surface area contributed by atoms with Crippen LogP contribution in [0.5, 0.6) is 0 Å². The molecule has 0 unspecified atom stereocenters. The lowest BCUT2D eigenvalue weighted by molar-refractivity contribution is -0.131. The molecule has 0 atom stereocenters. The van der Waals surface area contributed by atoms with Gasteiger partial charge in [0.25, 0.3) is 5.56 Å². The average molecular weight is 516 g/mol. The van der Waals surface area contributed by atoms with Crippen molar-refractivity contribution in [3.05, 3.63) is 70.3 Å². The Hall–Kier alpha value is -3.50. The predicted octanol–water partition coefficient (Wildman–Crippen LogP) is 5.33. The van der Waals surface area contributed by atoms with Crippen molar-refractivity contribution < 1.29 is 4.79 Å². The Balaban J connectivity index is 1.79. The number of aromatic nitrogens is 2. The lowest BCUT2D eigenvalue weighted by Crippen LogP contribution is -2.38. The number of amides is 1. The third-order valence-corrected chi connectivity index (χ3v) is 6.87. The van der Waals surface area contributed by atoms with Gasteiger partial charge in [-0.3, -0.25) is 14.2 Å². The van der Waals surface area contributed by atoms with E-state index in [1.165, 1.54) is 32.1 Å². The fourth-order valence-electron chi connectivity index (χ4n) is 4.61. The van der Waals surface area contributed by atoms with E-state index in [9.17, 15) is 14.9 Å². The van der Waals surface area contributed by atoms with E-state index < -0.39 is 0 Å². The molecule has 0 saturated carbocycles. The summed E-state index contributed by atoms with van der Waals surface area (Å²) in [6.45, 7) is 4.12. The van der Waals surface area contributed by atoms with Crippen molar-refractivity contribution in [3.8, 4) is 11.8 Å². The summed E-state index contributed by atoms with van der Waals surface area (Å²) < 4.78 is 1.62. The molecule has 0 N–H and O–H groups in total. The number of hydrogen-bond acceptors (Lipinski definition) is 5. The smallest absolute Gasteiger partial charge is 0.265 e. The molecule has 0 aliphatic rings. The molecular formula is C31H41N5O2. The van der Waals surface area contributed by atoms with Crippen LogP contribution in [0.1, 0.15) is 69.7 Å². The number of hydrogen-bond donors (Lipinski definition) is 0. The standard InChI is InChI=1S/C31H41N5O2/c1-4-5-6-7-8-9-10-15-30(37)35(23-22-34(2)3)21-20-29-33-28-14-12-11-13-27(28)31(38)36(29)26-18-16-25(24-32)17-19-26/h11-14,16-19H,4-10,15,20-23H2,1-3H3. The molecule has 1 heterocycles. The van der Waals surface area contributed by atoms with E-state index in [0.717, 1.165) is 19.4 Å². The number of nitriles is 1. The number of unbranched alkanes of at least 4 members (excludes halogenated alkanes) is 6. The van der Waals surface area contributed by atoms with Crippen LogP contribution in [-0.2, 0) is 11.2 Å². The Morgan fingerprint density at radius 3 is 2.29 bits per heavy atom. The summed E-state index contributed by atoms with van der Waals surface area (Å²) in [5.74, 6) is 0.769. The quantitative estimate of drug-likeness (QED) is 0.256. The van der Waals surface area contributed by atoms with Crippen LogP contribution in [0.2, 0.25) is 0 Å². The number of carbonyl (C=O) groups is 1. The maximum absolute atomic E-state index is 13.5. The molecule has 1 amide bonds. The first-order chi connectivity index (χ1) is 18.4. The number of carbonyl (C=O) groups excluding carboxylic acids is 1. The number of fused-ring (bicyclic) bond motifs is 1. The Labute approximate surface area is 226 Å². The van der Waals surface area contributed by atoms with Gasteiger partial charge in [-0.2, -0.15) is 5.26 Å². The monoisotopic (exact) mass is 515 g/mol. The van der Waals surface area contributed by atoms with Crippen molar-refractivity contribution in [3.63, 3.8) is 0 Å². The van der Waals surface area contributed by atoms with Gasteiger partial charge in [0.15, 0.2) is 0 Å². The molecule has 0 radical (unpaired) electrons.